The highest BCUT2D eigenvalue weighted by atomic mass is 19.4. The first kappa shape index (κ1) is 28.9. The number of aliphatic carboxylic acids is 2. The van der Waals surface area contributed by atoms with Crippen LogP contribution in [0.5, 0.6) is 0 Å². The summed E-state index contributed by atoms with van der Waals surface area (Å²) in [5.74, 6) is -2.51. The molecule has 0 saturated carbocycles. The Bertz CT molecular complexity index is 1030. The fourth-order valence-corrected chi connectivity index (χ4v) is 3.96. The smallest absolute Gasteiger partial charge is 0.416 e. The predicted octanol–water partition coefficient (Wildman–Crippen LogP) is 5.04. The van der Waals surface area contributed by atoms with Crippen LogP contribution in [0.15, 0.2) is 54.6 Å². The summed E-state index contributed by atoms with van der Waals surface area (Å²) < 4.78 is 38.8. The molecule has 3 rings (SSSR count). The van der Waals surface area contributed by atoms with Crippen LogP contribution in [-0.2, 0) is 28.6 Å². The second-order valence-corrected chi connectivity index (χ2v) is 8.65. The number of hydrogen-bond donors (Lipinski definition) is 2. The van der Waals surface area contributed by atoms with Crippen molar-refractivity contribution in [3.8, 4) is 0 Å². The molecule has 2 aromatic carbocycles. The molecule has 1 heterocycles. The van der Waals surface area contributed by atoms with E-state index in [0.717, 1.165) is 58.1 Å². The molecule has 6 nitrogen and oxygen atoms in total. The fraction of sp³-hybridized carbons (Fsp3) is 0.407. The highest BCUT2D eigenvalue weighted by Crippen LogP contribution is 2.31. The monoisotopic (exact) mass is 506 g/mol. The number of aryl methyl sites for hydroxylation is 2. The molecular weight excluding hydrogens is 473 g/mol. The molecule has 0 atom stereocenters. The average Bonchev–Trinajstić information content (AvgIpc) is 2.84. The number of anilines is 1. The number of carboxylic acid groups (broad SMARTS) is 2. The van der Waals surface area contributed by atoms with Crippen LogP contribution in [0.1, 0.15) is 35.6 Å². The van der Waals surface area contributed by atoms with E-state index in [2.05, 4.69) is 41.8 Å². The third-order valence-electron chi connectivity index (χ3n) is 5.93. The van der Waals surface area contributed by atoms with Crippen LogP contribution in [0.2, 0.25) is 0 Å². The van der Waals surface area contributed by atoms with Crippen LogP contribution in [0.4, 0.5) is 18.9 Å². The Kier molecular flexibility index (Phi) is 11.0. The zero-order valence-electron chi connectivity index (χ0n) is 20.6. The molecule has 0 unspecified atom stereocenters. The van der Waals surface area contributed by atoms with Crippen LogP contribution < -0.4 is 4.90 Å². The molecule has 0 radical (unpaired) electrons. The van der Waals surface area contributed by atoms with Gasteiger partial charge in [-0.2, -0.15) is 13.2 Å². The molecule has 0 spiro atoms. The first-order valence-corrected chi connectivity index (χ1v) is 11.9. The number of alkyl halides is 3. The Balaban J connectivity index is 0.000000493. The molecule has 9 heteroatoms. The summed E-state index contributed by atoms with van der Waals surface area (Å²) in [7, 11) is 0. The minimum absolute atomic E-state index is 0.558. The van der Waals surface area contributed by atoms with Crippen molar-refractivity contribution in [2.24, 2.45) is 0 Å². The van der Waals surface area contributed by atoms with E-state index in [1.807, 2.05) is 0 Å². The Labute approximate surface area is 209 Å². The van der Waals surface area contributed by atoms with E-state index < -0.39 is 23.7 Å². The van der Waals surface area contributed by atoms with Gasteiger partial charge in [0.05, 0.1) is 5.56 Å². The van der Waals surface area contributed by atoms with Crippen molar-refractivity contribution in [2.75, 3.05) is 37.6 Å². The van der Waals surface area contributed by atoms with Gasteiger partial charge in [0.1, 0.15) is 0 Å². The van der Waals surface area contributed by atoms with Crippen molar-refractivity contribution in [3.05, 3.63) is 76.9 Å². The minimum Gasteiger partial charge on any atom is -0.478 e. The van der Waals surface area contributed by atoms with Gasteiger partial charge in [-0.15, -0.1) is 0 Å². The molecule has 1 aliphatic heterocycles. The first-order valence-electron chi connectivity index (χ1n) is 11.9. The lowest BCUT2D eigenvalue weighted by molar-refractivity contribution is -0.137. The second kappa shape index (κ2) is 13.7. The van der Waals surface area contributed by atoms with Crippen LogP contribution in [-0.4, -0.2) is 59.8 Å². The molecule has 2 aromatic rings. The highest BCUT2D eigenvalue weighted by molar-refractivity contribution is 5.89. The van der Waals surface area contributed by atoms with Crippen molar-refractivity contribution in [1.82, 2.24) is 4.90 Å². The van der Waals surface area contributed by atoms with Gasteiger partial charge in [-0.3, -0.25) is 4.90 Å². The van der Waals surface area contributed by atoms with E-state index in [4.69, 9.17) is 10.2 Å². The Morgan fingerprint density at radius 1 is 0.944 bits per heavy atom. The van der Waals surface area contributed by atoms with E-state index in [9.17, 15) is 22.8 Å². The molecule has 0 aliphatic carbocycles. The number of carbonyl (C=O) groups is 2. The number of halogens is 3. The third-order valence-corrected chi connectivity index (χ3v) is 5.93. The Hall–Kier alpha value is -3.33. The third kappa shape index (κ3) is 9.73. The van der Waals surface area contributed by atoms with E-state index in [1.165, 1.54) is 28.8 Å². The van der Waals surface area contributed by atoms with Crippen molar-refractivity contribution in [2.45, 2.75) is 39.3 Å². The summed E-state index contributed by atoms with van der Waals surface area (Å²) >= 11 is 0. The van der Waals surface area contributed by atoms with E-state index in [-0.39, 0.29) is 0 Å². The first-order chi connectivity index (χ1) is 17.0. The Morgan fingerprint density at radius 3 is 2.14 bits per heavy atom. The lowest BCUT2D eigenvalue weighted by Crippen LogP contribution is -2.47. The number of rotatable bonds is 8. The normalized spacial score (nSPS) is 14.4. The standard InChI is InChI=1S/C23H29F3N2.C4H4O4/c1-3-5-20-16-19(9-8-18(20)2)10-11-27-12-14-28(15-13-27)22-7-4-6-21(17-22)23(24,25)26;5-3(6)1-2-4(7)8/h4,6-9,16-17H,3,5,10-15H2,1-2H3;1-2H,(H,5,6)(H,7,8)/b;2-1+. The van der Waals surface area contributed by atoms with Gasteiger partial charge >= 0.3 is 18.1 Å². The molecule has 2 N–H and O–H groups in total. The van der Waals surface area contributed by atoms with Crippen LogP contribution in [0, 0.1) is 6.92 Å². The van der Waals surface area contributed by atoms with Gasteiger partial charge in [0.25, 0.3) is 0 Å². The summed E-state index contributed by atoms with van der Waals surface area (Å²) in [6, 6.07) is 12.4. The van der Waals surface area contributed by atoms with Crippen LogP contribution >= 0.6 is 0 Å². The summed E-state index contributed by atoms with van der Waals surface area (Å²) in [6.45, 7) is 8.64. The topological polar surface area (TPSA) is 81.1 Å². The van der Waals surface area contributed by atoms with Crippen molar-refractivity contribution < 1.29 is 33.0 Å². The molecular formula is C27H33F3N2O4. The van der Waals surface area contributed by atoms with Gasteiger partial charge in [-0.1, -0.05) is 37.6 Å². The van der Waals surface area contributed by atoms with Crippen LogP contribution in [0.3, 0.4) is 0 Å². The summed E-state index contributed by atoms with van der Waals surface area (Å²) in [4.78, 5) is 23.6. The summed E-state index contributed by atoms with van der Waals surface area (Å²) in [6.07, 6.45) is 0.116. The molecule has 36 heavy (non-hydrogen) atoms. The van der Waals surface area contributed by atoms with Crippen molar-refractivity contribution in [1.29, 1.82) is 0 Å². The maximum absolute atomic E-state index is 12.9. The SMILES string of the molecule is CCCc1cc(CCN2CCN(c3cccc(C(F)(F)F)c3)CC2)ccc1C.O=C(O)/C=C/C(=O)O. The Morgan fingerprint density at radius 2 is 1.58 bits per heavy atom. The van der Waals surface area contributed by atoms with Gasteiger partial charge in [-0.05, 0) is 54.7 Å². The molecule has 0 bridgehead atoms. The molecule has 1 aliphatic rings. The maximum Gasteiger partial charge on any atom is 0.416 e. The van der Waals surface area contributed by atoms with Gasteiger partial charge < -0.3 is 15.1 Å². The van der Waals surface area contributed by atoms with Crippen molar-refractivity contribution in [3.63, 3.8) is 0 Å². The van der Waals surface area contributed by atoms with Crippen molar-refractivity contribution >= 4 is 17.6 Å². The maximum atomic E-state index is 12.9. The van der Waals surface area contributed by atoms with Gasteiger partial charge in [-0.25, -0.2) is 9.59 Å². The number of piperazine rings is 1. The van der Waals surface area contributed by atoms with Gasteiger partial charge in [0.2, 0.25) is 0 Å². The lowest BCUT2D eigenvalue weighted by atomic mass is 9.99. The quantitative estimate of drug-likeness (QED) is 0.488. The summed E-state index contributed by atoms with van der Waals surface area (Å²) in [5, 5.41) is 15.6. The van der Waals surface area contributed by atoms with Crippen LogP contribution in [0.25, 0.3) is 0 Å². The molecule has 0 amide bonds. The minimum atomic E-state index is -4.29. The van der Waals surface area contributed by atoms with Gasteiger partial charge in [0, 0.05) is 50.6 Å². The molecule has 196 valence electrons. The highest BCUT2D eigenvalue weighted by Gasteiger charge is 2.31. The lowest BCUT2D eigenvalue weighted by Gasteiger charge is -2.36. The predicted molar refractivity (Wildman–Crippen MR) is 133 cm³/mol. The van der Waals surface area contributed by atoms with E-state index >= 15 is 0 Å². The molecule has 1 fully saturated rings. The zero-order chi connectivity index (χ0) is 26.7. The largest absolute Gasteiger partial charge is 0.478 e. The second-order valence-electron chi connectivity index (χ2n) is 8.65. The number of nitrogens with zero attached hydrogens (tertiary/aromatic N) is 2. The zero-order valence-corrected chi connectivity index (χ0v) is 20.6. The fourth-order valence-electron chi connectivity index (χ4n) is 3.96. The average molecular weight is 507 g/mol. The van der Waals surface area contributed by atoms with Gasteiger partial charge in [0.15, 0.2) is 0 Å². The molecule has 1 saturated heterocycles. The number of carboxylic acids is 2. The van der Waals surface area contributed by atoms with E-state index in [1.54, 1.807) is 6.07 Å². The number of hydrogen-bond acceptors (Lipinski definition) is 4. The van der Waals surface area contributed by atoms with E-state index in [0.29, 0.717) is 17.8 Å². The number of benzene rings is 2. The molecule has 0 aromatic heterocycles. The summed E-state index contributed by atoms with van der Waals surface area (Å²) in [5.41, 5.74) is 4.26.